The quantitative estimate of drug-likeness (QED) is 0.938. The largest absolute Gasteiger partial charge is 0.359 e. The summed E-state index contributed by atoms with van der Waals surface area (Å²) in [5, 5.41) is 2.77. The van der Waals surface area contributed by atoms with E-state index in [0.717, 1.165) is 18.7 Å². The number of fused-ring (bicyclic) bond motifs is 1. The maximum Gasteiger partial charge on any atom is 0.246 e. The van der Waals surface area contributed by atoms with Gasteiger partial charge in [-0.3, -0.25) is 4.79 Å². The van der Waals surface area contributed by atoms with Crippen LogP contribution in [0.2, 0.25) is 0 Å². The van der Waals surface area contributed by atoms with Crippen LogP contribution in [0.4, 0.5) is 15.8 Å². The third-order valence-electron chi connectivity index (χ3n) is 3.86. The third kappa shape index (κ3) is 2.75. The van der Waals surface area contributed by atoms with Crippen molar-refractivity contribution >= 4 is 17.3 Å². The molecule has 0 aliphatic carbocycles. The minimum Gasteiger partial charge on any atom is -0.359 e. The predicted octanol–water partition coefficient (Wildman–Crippen LogP) is 3.22. The van der Waals surface area contributed by atoms with Crippen LogP contribution in [0.1, 0.15) is 12.5 Å². The van der Waals surface area contributed by atoms with E-state index < -0.39 is 0 Å². The highest BCUT2D eigenvalue weighted by Crippen LogP contribution is 2.29. The van der Waals surface area contributed by atoms with Crippen molar-refractivity contribution in [2.24, 2.45) is 0 Å². The van der Waals surface area contributed by atoms with Crippen molar-refractivity contribution in [3.05, 3.63) is 59.9 Å². The standard InChI is InChI=1S/C17H17FN2O/c1-12(17(21)19-15-7-4-6-14(18)11-15)20-10-9-13-5-2-3-8-16(13)20/h2-8,11-12H,9-10H2,1H3,(H,19,21)/t12-/m1/s1. The lowest BCUT2D eigenvalue weighted by molar-refractivity contribution is -0.117. The summed E-state index contributed by atoms with van der Waals surface area (Å²) in [5.74, 6) is -0.482. The van der Waals surface area contributed by atoms with E-state index in [1.54, 1.807) is 12.1 Å². The van der Waals surface area contributed by atoms with Gasteiger partial charge >= 0.3 is 0 Å². The molecule has 0 spiro atoms. The van der Waals surface area contributed by atoms with E-state index in [1.165, 1.54) is 17.7 Å². The van der Waals surface area contributed by atoms with E-state index in [9.17, 15) is 9.18 Å². The van der Waals surface area contributed by atoms with Crippen LogP contribution in [0, 0.1) is 5.82 Å². The highest BCUT2D eigenvalue weighted by molar-refractivity contribution is 5.97. The number of rotatable bonds is 3. The molecule has 0 saturated carbocycles. The van der Waals surface area contributed by atoms with Gasteiger partial charge in [0.05, 0.1) is 0 Å². The first-order valence-corrected chi connectivity index (χ1v) is 7.06. The Kier molecular flexibility index (Phi) is 3.60. The van der Waals surface area contributed by atoms with Crippen LogP contribution < -0.4 is 10.2 Å². The predicted molar refractivity (Wildman–Crippen MR) is 82.0 cm³/mol. The molecule has 21 heavy (non-hydrogen) atoms. The first kappa shape index (κ1) is 13.6. The van der Waals surface area contributed by atoms with Crippen molar-refractivity contribution < 1.29 is 9.18 Å². The first-order valence-electron chi connectivity index (χ1n) is 7.06. The van der Waals surface area contributed by atoms with Crippen LogP contribution in [-0.2, 0) is 11.2 Å². The highest BCUT2D eigenvalue weighted by Gasteiger charge is 2.27. The van der Waals surface area contributed by atoms with E-state index in [2.05, 4.69) is 16.3 Å². The van der Waals surface area contributed by atoms with Gasteiger partial charge in [0.15, 0.2) is 0 Å². The molecule has 2 aromatic rings. The maximum absolute atomic E-state index is 13.2. The Morgan fingerprint density at radius 3 is 2.86 bits per heavy atom. The Morgan fingerprint density at radius 2 is 2.05 bits per heavy atom. The molecule has 108 valence electrons. The number of nitrogens with zero attached hydrogens (tertiary/aromatic N) is 1. The molecular formula is C17H17FN2O. The maximum atomic E-state index is 13.2. The van der Waals surface area contributed by atoms with Crippen molar-refractivity contribution in [2.75, 3.05) is 16.8 Å². The van der Waals surface area contributed by atoms with Crippen LogP contribution in [0.3, 0.4) is 0 Å². The molecule has 0 aromatic heterocycles. The molecule has 1 N–H and O–H groups in total. The second-order valence-electron chi connectivity index (χ2n) is 5.25. The Labute approximate surface area is 123 Å². The highest BCUT2D eigenvalue weighted by atomic mass is 19.1. The van der Waals surface area contributed by atoms with Crippen LogP contribution >= 0.6 is 0 Å². The zero-order valence-corrected chi connectivity index (χ0v) is 11.8. The Balaban J connectivity index is 1.74. The Hall–Kier alpha value is -2.36. The molecule has 1 heterocycles. The molecule has 0 radical (unpaired) electrons. The minimum atomic E-state index is -0.355. The fraction of sp³-hybridized carbons (Fsp3) is 0.235. The fourth-order valence-corrected chi connectivity index (χ4v) is 2.72. The SMILES string of the molecule is C[C@H](C(=O)Nc1cccc(F)c1)N1CCc2ccccc21. The van der Waals surface area contributed by atoms with Gasteiger partial charge in [0.25, 0.3) is 0 Å². The van der Waals surface area contributed by atoms with Gasteiger partial charge in [0, 0.05) is 17.9 Å². The summed E-state index contributed by atoms with van der Waals surface area (Å²) in [6.07, 6.45) is 0.952. The molecule has 3 rings (SSSR count). The number of carbonyl (C=O) groups excluding carboxylic acids is 1. The van der Waals surface area contributed by atoms with Crippen molar-refractivity contribution in [1.29, 1.82) is 0 Å². The number of carbonyl (C=O) groups is 1. The summed E-state index contributed by atoms with van der Waals surface area (Å²) in [7, 11) is 0. The third-order valence-corrected chi connectivity index (χ3v) is 3.86. The van der Waals surface area contributed by atoms with Crippen LogP contribution in [0.15, 0.2) is 48.5 Å². The van der Waals surface area contributed by atoms with Gasteiger partial charge in [-0.1, -0.05) is 24.3 Å². The molecule has 4 heteroatoms. The molecule has 1 amide bonds. The Bertz CT molecular complexity index is 671. The van der Waals surface area contributed by atoms with E-state index in [1.807, 2.05) is 25.1 Å². The average molecular weight is 284 g/mol. The number of benzene rings is 2. The van der Waals surface area contributed by atoms with Gasteiger partial charge in [-0.05, 0) is 43.2 Å². The van der Waals surface area contributed by atoms with Gasteiger partial charge in [-0.2, -0.15) is 0 Å². The number of hydrogen-bond donors (Lipinski definition) is 1. The smallest absolute Gasteiger partial charge is 0.246 e. The molecule has 1 aliphatic rings. The van der Waals surface area contributed by atoms with Gasteiger partial charge in [-0.25, -0.2) is 4.39 Å². The molecule has 2 aromatic carbocycles. The summed E-state index contributed by atoms with van der Waals surface area (Å²) < 4.78 is 13.2. The number of anilines is 2. The van der Waals surface area contributed by atoms with Crippen molar-refractivity contribution in [3.8, 4) is 0 Å². The lowest BCUT2D eigenvalue weighted by atomic mass is 10.1. The fourth-order valence-electron chi connectivity index (χ4n) is 2.72. The van der Waals surface area contributed by atoms with Gasteiger partial charge in [-0.15, -0.1) is 0 Å². The van der Waals surface area contributed by atoms with Gasteiger partial charge in [0.1, 0.15) is 11.9 Å². The minimum absolute atomic E-state index is 0.127. The van der Waals surface area contributed by atoms with E-state index in [4.69, 9.17) is 0 Å². The van der Waals surface area contributed by atoms with Crippen molar-refractivity contribution in [3.63, 3.8) is 0 Å². The van der Waals surface area contributed by atoms with Crippen LogP contribution in [0.25, 0.3) is 0 Å². The normalized spacial score (nSPS) is 14.7. The van der Waals surface area contributed by atoms with E-state index >= 15 is 0 Å². The monoisotopic (exact) mass is 284 g/mol. The van der Waals surface area contributed by atoms with E-state index in [0.29, 0.717) is 5.69 Å². The first-order chi connectivity index (χ1) is 10.1. The summed E-state index contributed by atoms with van der Waals surface area (Å²) in [6, 6.07) is 13.8. The summed E-state index contributed by atoms with van der Waals surface area (Å²) in [6.45, 7) is 2.70. The topological polar surface area (TPSA) is 32.3 Å². The molecule has 0 saturated heterocycles. The average Bonchev–Trinajstić information content (AvgIpc) is 2.90. The molecule has 0 bridgehead atoms. The zero-order valence-electron chi connectivity index (χ0n) is 11.8. The van der Waals surface area contributed by atoms with Crippen molar-refractivity contribution in [2.45, 2.75) is 19.4 Å². The molecule has 1 atom stereocenters. The Morgan fingerprint density at radius 1 is 1.24 bits per heavy atom. The van der Waals surface area contributed by atoms with Crippen molar-refractivity contribution in [1.82, 2.24) is 0 Å². The molecule has 1 aliphatic heterocycles. The lowest BCUT2D eigenvalue weighted by Crippen LogP contribution is -2.41. The van der Waals surface area contributed by atoms with Gasteiger partial charge < -0.3 is 10.2 Å². The summed E-state index contributed by atoms with van der Waals surface area (Å²) >= 11 is 0. The number of halogens is 1. The summed E-state index contributed by atoms with van der Waals surface area (Å²) in [5.41, 5.74) is 2.86. The second kappa shape index (κ2) is 5.56. The number of hydrogen-bond acceptors (Lipinski definition) is 2. The van der Waals surface area contributed by atoms with E-state index in [-0.39, 0.29) is 17.8 Å². The number of amides is 1. The molecule has 3 nitrogen and oxygen atoms in total. The molecule has 0 fully saturated rings. The van der Waals surface area contributed by atoms with Crippen LogP contribution in [0.5, 0.6) is 0 Å². The zero-order chi connectivity index (χ0) is 14.8. The number of para-hydroxylation sites is 1. The van der Waals surface area contributed by atoms with Crippen LogP contribution in [-0.4, -0.2) is 18.5 Å². The summed E-state index contributed by atoms with van der Waals surface area (Å²) in [4.78, 5) is 14.4. The molecule has 0 unspecified atom stereocenters. The number of nitrogens with one attached hydrogen (secondary N) is 1. The van der Waals surface area contributed by atoms with Gasteiger partial charge in [0.2, 0.25) is 5.91 Å². The lowest BCUT2D eigenvalue weighted by Gasteiger charge is -2.26. The second-order valence-corrected chi connectivity index (χ2v) is 5.25. The molecular weight excluding hydrogens is 267 g/mol.